The Morgan fingerprint density at radius 3 is 2.63 bits per heavy atom. The van der Waals surface area contributed by atoms with Crippen LogP contribution < -0.4 is 10.1 Å². The van der Waals surface area contributed by atoms with Gasteiger partial charge in [0, 0.05) is 18.0 Å². The minimum Gasteiger partial charge on any atom is -0.491 e. The summed E-state index contributed by atoms with van der Waals surface area (Å²) >= 11 is 6.24. The number of halogens is 1. The Kier molecular flexibility index (Phi) is 5.06. The second kappa shape index (κ2) is 6.78. The van der Waals surface area contributed by atoms with E-state index in [1.807, 2.05) is 24.3 Å². The average Bonchev–Trinajstić information content (AvgIpc) is 2.42. The van der Waals surface area contributed by atoms with Crippen LogP contribution >= 0.6 is 11.6 Å². The molecule has 0 saturated carbocycles. The number of alkyl halides is 1. The first-order valence-electron chi connectivity index (χ1n) is 6.65. The van der Waals surface area contributed by atoms with Crippen molar-refractivity contribution in [3.8, 4) is 5.75 Å². The summed E-state index contributed by atoms with van der Waals surface area (Å²) in [5.41, 5.74) is 0. The molecule has 0 radical (unpaired) electrons. The van der Waals surface area contributed by atoms with Crippen molar-refractivity contribution in [1.29, 1.82) is 0 Å². The number of benzene rings is 2. The standard InChI is InChI=1S/C16H20ClNO/c1-12(2)18-10-14(17)11-19-16-9-5-7-13-6-3-4-8-15(13)16/h3-9,12,14,18H,10-11H2,1-2H3/t14-/m1/s1. The number of fused-ring (bicyclic) bond motifs is 1. The quantitative estimate of drug-likeness (QED) is 0.811. The number of hydrogen-bond acceptors (Lipinski definition) is 2. The van der Waals surface area contributed by atoms with E-state index in [-0.39, 0.29) is 5.38 Å². The number of nitrogens with one attached hydrogen (secondary N) is 1. The average molecular weight is 278 g/mol. The monoisotopic (exact) mass is 277 g/mol. The summed E-state index contributed by atoms with van der Waals surface area (Å²) in [7, 11) is 0. The number of hydrogen-bond donors (Lipinski definition) is 1. The zero-order chi connectivity index (χ0) is 13.7. The molecule has 0 amide bonds. The van der Waals surface area contributed by atoms with Gasteiger partial charge in [-0.2, -0.15) is 0 Å². The minimum atomic E-state index is -0.0265. The predicted molar refractivity (Wildman–Crippen MR) is 82.2 cm³/mol. The van der Waals surface area contributed by atoms with Crippen molar-refractivity contribution in [1.82, 2.24) is 5.32 Å². The normalized spacial score (nSPS) is 12.8. The van der Waals surface area contributed by atoms with E-state index in [9.17, 15) is 0 Å². The second-order valence-electron chi connectivity index (χ2n) is 4.95. The van der Waals surface area contributed by atoms with Gasteiger partial charge in [-0.25, -0.2) is 0 Å². The SMILES string of the molecule is CC(C)NC[C@@H](Cl)COc1cccc2ccccc12. The molecule has 1 atom stereocenters. The highest BCUT2D eigenvalue weighted by atomic mass is 35.5. The molecule has 0 unspecified atom stereocenters. The van der Waals surface area contributed by atoms with Crippen molar-refractivity contribution in [2.45, 2.75) is 25.3 Å². The zero-order valence-electron chi connectivity index (χ0n) is 11.4. The number of ether oxygens (including phenoxy) is 1. The molecule has 1 N–H and O–H groups in total. The predicted octanol–water partition coefficient (Wildman–Crippen LogP) is 3.82. The molecule has 102 valence electrons. The van der Waals surface area contributed by atoms with Crippen molar-refractivity contribution < 1.29 is 4.74 Å². The van der Waals surface area contributed by atoms with E-state index in [0.29, 0.717) is 12.6 Å². The first-order chi connectivity index (χ1) is 9.16. The van der Waals surface area contributed by atoms with Gasteiger partial charge in [-0.05, 0) is 11.5 Å². The van der Waals surface area contributed by atoms with Crippen LogP contribution in [-0.4, -0.2) is 24.6 Å². The van der Waals surface area contributed by atoms with Crippen LogP contribution in [0.3, 0.4) is 0 Å². The van der Waals surface area contributed by atoms with Gasteiger partial charge < -0.3 is 10.1 Å². The fraction of sp³-hybridized carbons (Fsp3) is 0.375. The van der Waals surface area contributed by atoms with Crippen LogP contribution in [0.4, 0.5) is 0 Å². The molecular formula is C16H20ClNO. The minimum absolute atomic E-state index is 0.0265. The van der Waals surface area contributed by atoms with Gasteiger partial charge in [-0.3, -0.25) is 0 Å². The second-order valence-corrected chi connectivity index (χ2v) is 5.57. The third-order valence-electron chi connectivity index (χ3n) is 2.92. The first-order valence-corrected chi connectivity index (χ1v) is 7.08. The lowest BCUT2D eigenvalue weighted by molar-refractivity contribution is 0.313. The Labute approximate surface area is 119 Å². The van der Waals surface area contributed by atoms with E-state index >= 15 is 0 Å². The van der Waals surface area contributed by atoms with Crippen LogP contribution in [0.2, 0.25) is 0 Å². The van der Waals surface area contributed by atoms with E-state index in [1.54, 1.807) is 0 Å². The molecule has 2 aromatic carbocycles. The fourth-order valence-electron chi connectivity index (χ4n) is 1.92. The fourth-order valence-corrected chi connectivity index (χ4v) is 2.08. The first kappa shape index (κ1) is 14.2. The van der Waals surface area contributed by atoms with Gasteiger partial charge >= 0.3 is 0 Å². The maximum absolute atomic E-state index is 6.24. The topological polar surface area (TPSA) is 21.3 Å². The van der Waals surface area contributed by atoms with Gasteiger partial charge in [0.15, 0.2) is 0 Å². The van der Waals surface area contributed by atoms with E-state index in [4.69, 9.17) is 16.3 Å². The molecule has 2 aromatic rings. The molecule has 0 aliphatic carbocycles. The van der Waals surface area contributed by atoms with Gasteiger partial charge in [0.25, 0.3) is 0 Å². The maximum Gasteiger partial charge on any atom is 0.127 e. The molecule has 19 heavy (non-hydrogen) atoms. The zero-order valence-corrected chi connectivity index (χ0v) is 12.2. The van der Waals surface area contributed by atoms with Crippen molar-refractivity contribution in [3.05, 3.63) is 42.5 Å². The molecule has 3 heteroatoms. The van der Waals surface area contributed by atoms with Crippen LogP contribution in [0.5, 0.6) is 5.75 Å². The van der Waals surface area contributed by atoms with E-state index < -0.39 is 0 Å². The number of rotatable bonds is 6. The lowest BCUT2D eigenvalue weighted by atomic mass is 10.1. The van der Waals surface area contributed by atoms with Crippen LogP contribution in [0.25, 0.3) is 10.8 Å². The molecule has 0 saturated heterocycles. The summed E-state index contributed by atoms with van der Waals surface area (Å²) in [6.07, 6.45) is 0. The largest absolute Gasteiger partial charge is 0.491 e. The highest BCUT2D eigenvalue weighted by molar-refractivity contribution is 6.20. The molecule has 0 fully saturated rings. The molecule has 2 nitrogen and oxygen atoms in total. The summed E-state index contributed by atoms with van der Waals surface area (Å²) in [6.45, 7) is 5.48. The van der Waals surface area contributed by atoms with Crippen LogP contribution in [-0.2, 0) is 0 Å². The summed E-state index contributed by atoms with van der Waals surface area (Å²) in [5, 5.41) is 5.60. The van der Waals surface area contributed by atoms with Gasteiger partial charge in [0.1, 0.15) is 12.4 Å². The van der Waals surface area contributed by atoms with E-state index in [1.165, 1.54) is 5.39 Å². The van der Waals surface area contributed by atoms with Crippen LogP contribution in [0.1, 0.15) is 13.8 Å². The summed E-state index contributed by atoms with van der Waals surface area (Å²) < 4.78 is 5.84. The Morgan fingerprint density at radius 2 is 1.84 bits per heavy atom. The molecular weight excluding hydrogens is 258 g/mol. The van der Waals surface area contributed by atoms with Gasteiger partial charge in [-0.15, -0.1) is 11.6 Å². The molecule has 0 heterocycles. The molecule has 0 aliphatic heterocycles. The highest BCUT2D eigenvalue weighted by Crippen LogP contribution is 2.25. The summed E-state index contributed by atoms with van der Waals surface area (Å²) in [5.74, 6) is 0.897. The highest BCUT2D eigenvalue weighted by Gasteiger charge is 2.08. The smallest absolute Gasteiger partial charge is 0.127 e. The molecule has 0 aromatic heterocycles. The third kappa shape index (κ3) is 4.12. The summed E-state index contributed by atoms with van der Waals surface area (Å²) in [6, 6.07) is 14.7. The third-order valence-corrected chi connectivity index (χ3v) is 3.20. The van der Waals surface area contributed by atoms with Gasteiger partial charge in [-0.1, -0.05) is 50.2 Å². The van der Waals surface area contributed by atoms with Crippen molar-refractivity contribution in [3.63, 3.8) is 0 Å². The van der Waals surface area contributed by atoms with Gasteiger partial charge in [0.05, 0.1) is 5.38 Å². The molecule has 0 bridgehead atoms. The summed E-state index contributed by atoms with van der Waals surface area (Å²) in [4.78, 5) is 0. The van der Waals surface area contributed by atoms with Crippen LogP contribution in [0.15, 0.2) is 42.5 Å². The lowest BCUT2D eigenvalue weighted by Gasteiger charge is -2.15. The molecule has 2 rings (SSSR count). The van der Waals surface area contributed by atoms with Crippen molar-refractivity contribution >= 4 is 22.4 Å². The lowest BCUT2D eigenvalue weighted by Crippen LogP contribution is -2.32. The maximum atomic E-state index is 6.24. The van der Waals surface area contributed by atoms with Gasteiger partial charge in [0.2, 0.25) is 0 Å². The Balaban J connectivity index is 1.98. The van der Waals surface area contributed by atoms with E-state index in [2.05, 4.69) is 37.4 Å². The van der Waals surface area contributed by atoms with E-state index in [0.717, 1.165) is 17.7 Å². The molecule has 0 aliphatic rings. The van der Waals surface area contributed by atoms with Crippen LogP contribution in [0, 0.1) is 0 Å². The Morgan fingerprint density at radius 1 is 1.11 bits per heavy atom. The van der Waals surface area contributed by atoms with Crippen molar-refractivity contribution in [2.75, 3.05) is 13.2 Å². The van der Waals surface area contributed by atoms with Crippen molar-refractivity contribution in [2.24, 2.45) is 0 Å². The Bertz CT molecular complexity index is 522. The Hall–Kier alpha value is -1.25. The molecule has 0 spiro atoms.